The van der Waals surface area contributed by atoms with Crippen molar-refractivity contribution < 1.29 is 4.74 Å². The fraction of sp³-hybridized carbons (Fsp3) is 0.400. The Morgan fingerprint density at radius 1 is 1.22 bits per heavy atom. The van der Waals surface area contributed by atoms with Gasteiger partial charge in [0.1, 0.15) is 11.3 Å². The van der Waals surface area contributed by atoms with E-state index < -0.39 is 0 Å². The fourth-order valence-electron chi connectivity index (χ4n) is 2.19. The summed E-state index contributed by atoms with van der Waals surface area (Å²) in [5.41, 5.74) is 4.53. The molecule has 1 aromatic carbocycles. The maximum atomic E-state index is 5.43. The minimum Gasteiger partial charge on any atom is -0.494 e. The van der Waals surface area contributed by atoms with Crippen molar-refractivity contribution in [2.24, 2.45) is 0 Å². The van der Waals surface area contributed by atoms with E-state index >= 15 is 0 Å². The van der Waals surface area contributed by atoms with Crippen molar-refractivity contribution in [1.29, 1.82) is 0 Å². The first kappa shape index (κ1) is 12.8. The summed E-state index contributed by atoms with van der Waals surface area (Å²) in [5, 5.41) is 4.31. The molecule has 0 aliphatic heterocycles. The lowest BCUT2D eigenvalue weighted by Crippen LogP contribution is -2.12. The van der Waals surface area contributed by atoms with Crippen LogP contribution in [0.3, 0.4) is 0 Å². The number of ether oxygens (including phenoxy) is 1. The summed E-state index contributed by atoms with van der Waals surface area (Å²) >= 11 is 0. The van der Waals surface area contributed by atoms with Gasteiger partial charge in [-0.3, -0.25) is 0 Å². The lowest BCUT2D eigenvalue weighted by molar-refractivity contribution is 0.418. The summed E-state index contributed by atoms with van der Waals surface area (Å²) in [4.78, 5) is 4.76. The van der Waals surface area contributed by atoms with Gasteiger partial charge in [-0.25, -0.2) is 4.98 Å². The quantitative estimate of drug-likeness (QED) is 0.897. The first-order valence-corrected chi connectivity index (χ1v) is 6.25. The molecule has 96 valence electrons. The number of aryl methyl sites for hydroxylation is 2. The van der Waals surface area contributed by atoms with E-state index in [1.807, 2.05) is 13.1 Å². The van der Waals surface area contributed by atoms with Crippen LogP contribution in [0.5, 0.6) is 5.75 Å². The van der Waals surface area contributed by atoms with Gasteiger partial charge in [0, 0.05) is 24.0 Å². The number of nitrogens with zero attached hydrogens (tertiary/aromatic N) is 1. The number of nitrogens with one attached hydrogen (secondary N) is 1. The van der Waals surface area contributed by atoms with Gasteiger partial charge in [0.05, 0.1) is 7.11 Å². The Kier molecular flexibility index (Phi) is 3.82. The molecular weight excluding hydrogens is 224 g/mol. The number of pyridine rings is 1. The van der Waals surface area contributed by atoms with Gasteiger partial charge in [0.2, 0.25) is 0 Å². The van der Waals surface area contributed by atoms with Crippen LogP contribution in [0, 0.1) is 13.8 Å². The van der Waals surface area contributed by atoms with Gasteiger partial charge in [-0.2, -0.15) is 0 Å². The number of hydrogen-bond donors (Lipinski definition) is 1. The van der Waals surface area contributed by atoms with E-state index in [1.54, 1.807) is 7.11 Å². The number of benzene rings is 1. The molecule has 2 rings (SSSR count). The number of methoxy groups -OCH3 is 1. The fourth-order valence-corrected chi connectivity index (χ4v) is 2.19. The summed E-state index contributed by atoms with van der Waals surface area (Å²) in [5.74, 6) is 0.857. The van der Waals surface area contributed by atoms with Gasteiger partial charge in [-0.15, -0.1) is 0 Å². The van der Waals surface area contributed by atoms with Crippen LogP contribution in [0.4, 0.5) is 0 Å². The molecule has 18 heavy (non-hydrogen) atoms. The van der Waals surface area contributed by atoms with Gasteiger partial charge in [0.25, 0.3) is 0 Å². The van der Waals surface area contributed by atoms with E-state index in [-0.39, 0.29) is 0 Å². The van der Waals surface area contributed by atoms with Crippen molar-refractivity contribution in [1.82, 2.24) is 10.3 Å². The zero-order valence-electron chi connectivity index (χ0n) is 11.5. The molecule has 3 heteroatoms. The van der Waals surface area contributed by atoms with Crippen LogP contribution in [0.2, 0.25) is 0 Å². The van der Waals surface area contributed by atoms with Gasteiger partial charge < -0.3 is 10.1 Å². The molecule has 0 bridgehead atoms. The SMILES string of the molecule is CNCCc1nc2c(OC)cc(C)cc2cc1C. The summed E-state index contributed by atoms with van der Waals surface area (Å²) in [7, 11) is 3.66. The molecule has 3 nitrogen and oxygen atoms in total. The highest BCUT2D eigenvalue weighted by atomic mass is 16.5. The molecule has 2 aromatic rings. The van der Waals surface area contributed by atoms with Gasteiger partial charge in [-0.1, -0.05) is 0 Å². The Bertz CT molecular complexity index is 564. The zero-order chi connectivity index (χ0) is 13.1. The van der Waals surface area contributed by atoms with Gasteiger partial charge >= 0.3 is 0 Å². The average Bonchev–Trinajstić information content (AvgIpc) is 2.35. The van der Waals surface area contributed by atoms with Crippen LogP contribution in [-0.2, 0) is 6.42 Å². The summed E-state index contributed by atoms with van der Waals surface area (Å²) in [6, 6.07) is 6.38. The monoisotopic (exact) mass is 244 g/mol. The van der Waals surface area contributed by atoms with Crippen LogP contribution >= 0.6 is 0 Å². The van der Waals surface area contributed by atoms with Crippen molar-refractivity contribution in [3.8, 4) is 5.75 Å². The van der Waals surface area contributed by atoms with E-state index in [1.165, 1.54) is 11.1 Å². The molecule has 0 atom stereocenters. The van der Waals surface area contributed by atoms with E-state index in [4.69, 9.17) is 9.72 Å². The Hall–Kier alpha value is -1.61. The zero-order valence-corrected chi connectivity index (χ0v) is 11.5. The van der Waals surface area contributed by atoms with Crippen molar-refractivity contribution in [2.45, 2.75) is 20.3 Å². The average molecular weight is 244 g/mol. The largest absolute Gasteiger partial charge is 0.494 e. The van der Waals surface area contributed by atoms with Crippen LogP contribution in [0.15, 0.2) is 18.2 Å². The maximum absolute atomic E-state index is 5.43. The molecule has 0 aliphatic rings. The highest BCUT2D eigenvalue weighted by Gasteiger charge is 2.08. The minimum atomic E-state index is 0.857. The van der Waals surface area contributed by atoms with Crippen LogP contribution in [0.1, 0.15) is 16.8 Å². The molecular formula is C15H20N2O. The van der Waals surface area contributed by atoms with Gasteiger partial charge in [0.15, 0.2) is 0 Å². The Labute approximate surface area is 108 Å². The summed E-state index contributed by atoms with van der Waals surface area (Å²) in [6.45, 7) is 5.13. The topological polar surface area (TPSA) is 34.2 Å². The highest BCUT2D eigenvalue weighted by Crippen LogP contribution is 2.27. The summed E-state index contributed by atoms with van der Waals surface area (Å²) < 4.78 is 5.43. The normalized spacial score (nSPS) is 10.9. The molecule has 0 amide bonds. The van der Waals surface area contributed by atoms with Crippen molar-refractivity contribution in [2.75, 3.05) is 20.7 Å². The second kappa shape index (κ2) is 5.36. The minimum absolute atomic E-state index is 0.857. The molecule has 0 fully saturated rings. The molecule has 0 saturated heterocycles. The third-order valence-electron chi connectivity index (χ3n) is 3.15. The number of hydrogen-bond acceptors (Lipinski definition) is 3. The molecule has 1 heterocycles. The van der Waals surface area contributed by atoms with Gasteiger partial charge in [-0.05, 0) is 50.2 Å². The first-order chi connectivity index (χ1) is 8.65. The molecule has 0 radical (unpaired) electrons. The molecule has 0 spiro atoms. The highest BCUT2D eigenvalue weighted by molar-refractivity contribution is 5.86. The van der Waals surface area contributed by atoms with Crippen LogP contribution in [0.25, 0.3) is 10.9 Å². The molecule has 1 aromatic heterocycles. The Morgan fingerprint density at radius 2 is 2.00 bits per heavy atom. The molecule has 0 unspecified atom stereocenters. The van der Waals surface area contributed by atoms with Crippen LogP contribution < -0.4 is 10.1 Å². The number of likely N-dealkylation sites (N-methyl/N-ethyl adjacent to an activating group) is 1. The standard InChI is InChI=1S/C15H20N2O/c1-10-7-12-9-11(2)13(5-6-16-3)17-15(12)14(8-10)18-4/h7-9,16H,5-6H2,1-4H3. The predicted octanol–water partition coefficient (Wildman–Crippen LogP) is 2.62. The first-order valence-electron chi connectivity index (χ1n) is 6.25. The van der Waals surface area contributed by atoms with Crippen molar-refractivity contribution in [3.63, 3.8) is 0 Å². The molecule has 0 aliphatic carbocycles. The lowest BCUT2D eigenvalue weighted by atomic mass is 10.1. The van der Waals surface area contributed by atoms with E-state index in [0.717, 1.165) is 35.3 Å². The number of aromatic nitrogens is 1. The second-order valence-corrected chi connectivity index (χ2v) is 4.64. The van der Waals surface area contributed by atoms with Crippen molar-refractivity contribution >= 4 is 10.9 Å². The second-order valence-electron chi connectivity index (χ2n) is 4.64. The lowest BCUT2D eigenvalue weighted by Gasteiger charge is -2.11. The van der Waals surface area contributed by atoms with E-state index in [9.17, 15) is 0 Å². The predicted molar refractivity (Wildman–Crippen MR) is 75.4 cm³/mol. The maximum Gasteiger partial charge on any atom is 0.145 e. The third-order valence-corrected chi connectivity index (χ3v) is 3.15. The number of rotatable bonds is 4. The van der Waals surface area contributed by atoms with E-state index in [0.29, 0.717) is 0 Å². The van der Waals surface area contributed by atoms with Crippen molar-refractivity contribution in [3.05, 3.63) is 35.0 Å². The summed E-state index contributed by atoms with van der Waals surface area (Å²) in [6.07, 6.45) is 0.940. The van der Waals surface area contributed by atoms with E-state index in [2.05, 4.69) is 31.3 Å². The number of fused-ring (bicyclic) bond motifs is 1. The smallest absolute Gasteiger partial charge is 0.145 e. The third kappa shape index (κ3) is 2.46. The van der Waals surface area contributed by atoms with Crippen LogP contribution in [-0.4, -0.2) is 25.7 Å². The Morgan fingerprint density at radius 3 is 2.67 bits per heavy atom. The Balaban J connectivity index is 2.57. The molecule has 1 N–H and O–H groups in total. The molecule has 0 saturated carbocycles.